The molecular formula is C13H25NO2. The maximum Gasteiger partial charge on any atom is 0.0646 e. The lowest BCUT2D eigenvalue weighted by Gasteiger charge is -2.31. The largest absolute Gasteiger partial charge is 0.381 e. The molecule has 2 atom stereocenters. The van der Waals surface area contributed by atoms with Crippen LogP contribution in [0.1, 0.15) is 39.5 Å². The molecule has 2 fully saturated rings. The lowest BCUT2D eigenvalue weighted by atomic mass is 9.91. The van der Waals surface area contributed by atoms with E-state index in [1.165, 1.54) is 19.3 Å². The second-order valence-electron chi connectivity index (χ2n) is 5.70. The van der Waals surface area contributed by atoms with E-state index in [0.29, 0.717) is 6.04 Å². The van der Waals surface area contributed by atoms with Crippen molar-refractivity contribution in [2.45, 2.75) is 51.1 Å². The molecule has 2 rings (SSSR count). The van der Waals surface area contributed by atoms with Crippen molar-refractivity contribution in [2.24, 2.45) is 5.92 Å². The highest BCUT2D eigenvalue weighted by Gasteiger charge is 2.31. The first-order valence-electron chi connectivity index (χ1n) is 6.61. The van der Waals surface area contributed by atoms with E-state index in [9.17, 15) is 0 Å². The van der Waals surface area contributed by atoms with Crippen LogP contribution >= 0.6 is 0 Å². The van der Waals surface area contributed by atoms with Gasteiger partial charge in [0, 0.05) is 31.4 Å². The van der Waals surface area contributed by atoms with Crippen molar-refractivity contribution in [3.05, 3.63) is 0 Å². The monoisotopic (exact) mass is 227 g/mol. The van der Waals surface area contributed by atoms with Crippen molar-refractivity contribution in [2.75, 3.05) is 26.4 Å². The quantitative estimate of drug-likeness (QED) is 0.796. The van der Waals surface area contributed by atoms with E-state index in [1.54, 1.807) is 0 Å². The summed E-state index contributed by atoms with van der Waals surface area (Å²) in [6, 6.07) is 0.592. The number of ether oxygens (including phenoxy) is 2. The Morgan fingerprint density at radius 1 is 1.25 bits per heavy atom. The van der Waals surface area contributed by atoms with Crippen molar-refractivity contribution in [3.63, 3.8) is 0 Å². The Labute approximate surface area is 98.9 Å². The first-order chi connectivity index (χ1) is 7.68. The second kappa shape index (κ2) is 5.48. The topological polar surface area (TPSA) is 30.5 Å². The van der Waals surface area contributed by atoms with E-state index in [1.807, 2.05) is 0 Å². The van der Waals surface area contributed by atoms with Gasteiger partial charge in [-0.05, 0) is 45.4 Å². The van der Waals surface area contributed by atoms with Crippen molar-refractivity contribution in [3.8, 4) is 0 Å². The van der Waals surface area contributed by atoms with E-state index >= 15 is 0 Å². The second-order valence-corrected chi connectivity index (χ2v) is 5.70. The number of hydrogen-bond acceptors (Lipinski definition) is 3. The van der Waals surface area contributed by atoms with Crippen LogP contribution in [0.3, 0.4) is 0 Å². The highest BCUT2D eigenvalue weighted by Crippen LogP contribution is 2.23. The maximum absolute atomic E-state index is 5.47. The standard InChI is InChI=1S/C13H25NO2/c1-11(9-12-3-6-15-7-4-12)14-13(2)5-8-16-10-13/h11-12,14H,3-10H2,1-2H3. The molecular weight excluding hydrogens is 202 g/mol. The molecule has 0 aromatic heterocycles. The van der Waals surface area contributed by atoms with Gasteiger partial charge in [-0.15, -0.1) is 0 Å². The summed E-state index contributed by atoms with van der Waals surface area (Å²) in [4.78, 5) is 0. The van der Waals surface area contributed by atoms with Crippen LogP contribution < -0.4 is 5.32 Å². The van der Waals surface area contributed by atoms with Gasteiger partial charge in [-0.1, -0.05) is 0 Å². The predicted molar refractivity (Wildman–Crippen MR) is 64.6 cm³/mol. The maximum atomic E-state index is 5.47. The van der Waals surface area contributed by atoms with E-state index in [4.69, 9.17) is 9.47 Å². The van der Waals surface area contributed by atoms with Crippen LogP contribution in [0.25, 0.3) is 0 Å². The first kappa shape index (κ1) is 12.3. The van der Waals surface area contributed by atoms with Gasteiger partial charge in [0.15, 0.2) is 0 Å². The van der Waals surface area contributed by atoms with Gasteiger partial charge in [0.25, 0.3) is 0 Å². The average Bonchev–Trinajstić information content (AvgIpc) is 2.66. The summed E-state index contributed by atoms with van der Waals surface area (Å²) in [5.41, 5.74) is 0.213. The first-order valence-corrected chi connectivity index (χ1v) is 6.61. The van der Waals surface area contributed by atoms with Crippen LogP contribution in [0, 0.1) is 5.92 Å². The Hall–Kier alpha value is -0.120. The molecule has 0 amide bonds. The molecule has 16 heavy (non-hydrogen) atoms. The van der Waals surface area contributed by atoms with E-state index < -0.39 is 0 Å². The fourth-order valence-electron chi connectivity index (χ4n) is 2.92. The molecule has 2 heterocycles. The van der Waals surface area contributed by atoms with E-state index in [0.717, 1.165) is 38.8 Å². The smallest absolute Gasteiger partial charge is 0.0646 e. The average molecular weight is 227 g/mol. The minimum Gasteiger partial charge on any atom is -0.381 e. The molecule has 0 spiro atoms. The summed E-state index contributed by atoms with van der Waals surface area (Å²) in [5, 5.41) is 3.74. The SMILES string of the molecule is CC(CC1CCOCC1)NC1(C)CCOC1. The molecule has 3 heteroatoms. The third-order valence-corrected chi connectivity index (χ3v) is 3.84. The lowest BCUT2D eigenvalue weighted by molar-refractivity contribution is 0.0595. The normalized spacial score (nSPS) is 34.1. The Kier molecular flexibility index (Phi) is 4.22. The zero-order valence-electron chi connectivity index (χ0n) is 10.6. The van der Waals surface area contributed by atoms with Gasteiger partial charge >= 0.3 is 0 Å². The van der Waals surface area contributed by atoms with Gasteiger partial charge in [-0.3, -0.25) is 0 Å². The highest BCUT2D eigenvalue weighted by atomic mass is 16.5. The number of nitrogens with one attached hydrogen (secondary N) is 1. The van der Waals surface area contributed by atoms with Gasteiger partial charge in [0.05, 0.1) is 6.61 Å². The fraction of sp³-hybridized carbons (Fsp3) is 1.00. The molecule has 0 radical (unpaired) electrons. The molecule has 1 N–H and O–H groups in total. The lowest BCUT2D eigenvalue weighted by Crippen LogP contribution is -2.48. The summed E-state index contributed by atoms with van der Waals surface area (Å²) < 4.78 is 10.9. The van der Waals surface area contributed by atoms with Gasteiger partial charge in [-0.25, -0.2) is 0 Å². The Balaban J connectivity index is 1.72. The van der Waals surface area contributed by atoms with Crippen molar-refractivity contribution in [1.82, 2.24) is 5.32 Å². The predicted octanol–water partition coefficient (Wildman–Crippen LogP) is 1.96. The van der Waals surface area contributed by atoms with Crippen LogP contribution in [0.5, 0.6) is 0 Å². The van der Waals surface area contributed by atoms with Crippen molar-refractivity contribution >= 4 is 0 Å². The summed E-state index contributed by atoms with van der Waals surface area (Å²) >= 11 is 0. The third-order valence-electron chi connectivity index (χ3n) is 3.84. The highest BCUT2D eigenvalue weighted by molar-refractivity contribution is 4.89. The van der Waals surface area contributed by atoms with Crippen LogP contribution in [-0.2, 0) is 9.47 Å². The van der Waals surface area contributed by atoms with Gasteiger partial charge in [0.2, 0.25) is 0 Å². The zero-order chi connectivity index (χ0) is 11.4. The minimum absolute atomic E-state index is 0.213. The molecule has 2 aliphatic rings. The van der Waals surface area contributed by atoms with Crippen LogP contribution in [-0.4, -0.2) is 38.0 Å². The Morgan fingerprint density at radius 3 is 2.62 bits per heavy atom. The molecule has 3 nitrogen and oxygen atoms in total. The van der Waals surface area contributed by atoms with Gasteiger partial charge < -0.3 is 14.8 Å². The van der Waals surface area contributed by atoms with Gasteiger partial charge in [-0.2, -0.15) is 0 Å². The van der Waals surface area contributed by atoms with Gasteiger partial charge in [0.1, 0.15) is 0 Å². The fourth-order valence-corrected chi connectivity index (χ4v) is 2.92. The van der Waals surface area contributed by atoms with Crippen molar-refractivity contribution < 1.29 is 9.47 Å². The molecule has 2 unspecified atom stereocenters. The molecule has 0 bridgehead atoms. The van der Waals surface area contributed by atoms with E-state index in [2.05, 4.69) is 19.2 Å². The number of hydrogen-bond donors (Lipinski definition) is 1. The van der Waals surface area contributed by atoms with Crippen LogP contribution in [0.2, 0.25) is 0 Å². The van der Waals surface area contributed by atoms with Crippen LogP contribution in [0.15, 0.2) is 0 Å². The minimum atomic E-state index is 0.213. The third kappa shape index (κ3) is 3.44. The molecule has 0 aromatic carbocycles. The van der Waals surface area contributed by atoms with E-state index in [-0.39, 0.29) is 5.54 Å². The molecule has 2 saturated heterocycles. The molecule has 0 aliphatic carbocycles. The number of rotatable bonds is 4. The molecule has 2 aliphatic heterocycles. The van der Waals surface area contributed by atoms with Crippen LogP contribution in [0.4, 0.5) is 0 Å². The molecule has 0 aromatic rings. The summed E-state index contributed by atoms with van der Waals surface area (Å²) in [7, 11) is 0. The summed E-state index contributed by atoms with van der Waals surface area (Å²) in [6.07, 6.45) is 4.89. The summed E-state index contributed by atoms with van der Waals surface area (Å²) in [5.74, 6) is 0.849. The molecule has 0 saturated carbocycles. The van der Waals surface area contributed by atoms with Crippen molar-refractivity contribution in [1.29, 1.82) is 0 Å². The Morgan fingerprint density at radius 2 is 2.00 bits per heavy atom. The molecule has 94 valence electrons. The summed E-state index contributed by atoms with van der Waals surface area (Å²) in [6.45, 7) is 8.27. The Bertz CT molecular complexity index is 208. The zero-order valence-corrected chi connectivity index (χ0v) is 10.6.